The molecule has 1 N–H and O–H groups in total. The van der Waals surface area contributed by atoms with Crippen LogP contribution in [0.5, 0.6) is 0 Å². The molecule has 100 valence electrons. The van der Waals surface area contributed by atoms with E-state index in [1.165, 1.54) is 41.4 Å². The molecule has 2 aromatic heterocycles. The van der Waals surface area contributed by atoms with Crippen molar-refractivity contribution < 1.29 is 9.59 Å². The molecule has 8 heteroatoms. The number of hydrogen-bond donors (Lipinski definition) is 1. The predicted octanol–water partition coefficient (Wildman–Crippen LogP) is 2.84. The summed E-state index contributed by atoms with van der Waals surface area (Å²) in [6, 6.07) is 1.83. The molecule has 5 nitrogen and oxygen atoms in total. The van der Waals surface area contributed by atoms with E-state index in [2.05, 4.69) is 15.5 Å². The van der Waals surface area contributed by atoms with E-state index >= 15 is 0 Å². The summed E-state index contributed by atoms with van der Waals surface area (Å²) in [4.78, 5) is 23.4. The van der Waals surface area contributed by atoms with E-state index in [9.17, 15) is 9.59 Å². The zero-order valence-corrected chi connectivity index (χ0v) is 12.7. The van der Waals surface area contributed by atoms with Crippen molar-refractivity contribution >= 4 is 51.3 Å². The number of carbonyl (C=O) groups excluding carboxylic acids is 2. The highest BCUT2D eigenvalue weighted by Crippen LogP contribution is 2.26. The Kier molecular flexibility index (Phi) is 4.67. The summed E-state index contributed by atoms with van der Waals surface area (Å²) in [5.74, 6) is 0.268. The largest absolute Gasteiger partial charge is 0.299 e. The monoisotopic (exact) mass is 313 g/mol. The van der Waals surface area contributed by atoms with E-state index in [0.29, 0.717) is 20.1 Å². The molecule has 1 amide bonds. The van der Waals surface area contributed by atoms with E-state index in [-0.39, 0.29) is 11.7 Å². The number of carbonyl (C=O) groups is 2. The molecular weight excluding hydrogens is 302 g/mol. The number of Topliss-reactive ketones (excluding diaryl/α,β-unsaturated/α-hetero) is 1. The average Bonchev–Trinajstić information content (AvgIpc) is 2.95. The second-order valence-corrected chi connectivity index (χ2v) is 6.92. The van der Waals surface area contributed by atoms with Crippen LogP contribution in [0.3, 0.4) is 0 Å². The summed E-state index contributed by atoms with van der Waals surface area (Å²) >= 11 is 3.98. The average molecular weight is 313 g/mol. The molecule has 0 saturated heterocycles. The van der Waals surface area contributed by atoms with Crippen LogP contribution in [0.25, 0.3) is 0 Å². The number of rotatable bonds is 5. The quantitative estimate of drug-likeness (QED) is 0.679. The third-order valence-corrected chi connectivity index (χ3v) is 5.14. The van der Waals surface area contributed by atoms with Gasteiger partial charge in [0.05, 0.1) is 10.6 Å². The molecule has 19 heavy (non-hydrogen) atoms. The fourth-order valence-corrected chi connectivity index (χ4v) is 3.53. The van der Waals surface area contributed by atoms with Gasteiger partial charge in [-0.2, -0.15) is 0 Å². The Labute approximate surface area is 122 Å². The summed E-state index contributed by atoms with van der Waals surface area (Å²) in [5, 5.41) is 12.8. The van der Waals surface area contributed by atoms with E-state index < -0.39 is 0 Å². The number of nitrogens with one attached hydrogen (secondary N) is 1. The van der Waals surface area contributed by atoms with Crippen LogP contribution in [-0.4, -0.2) is 27.6 Å². The lowest BCUT2D eigenvalue weighted by molar-refractivity contribution is -0.114. The van der Waals surface area contributed by atoms with Gasteiger partial charge in [-0.15, -0.1) is 21.5 Å². The summed E-state index contributed by atoms with van der Waals surface area (Å²) < 4.78 is 0.674. The Morgan fingerprint density at radius 1 is 1.42 bits per heavy atom. The van der Waals surface area contributed by atoms with Gasteiger partial charge in [-0.1, -0.05) is 23.1 Å². The van der Waals surface area contributed by atoms with Crippen molar-refractivity contribution in [3.05, 3.63) is 21.9 Å². The van der Waals surface area contributed by atoms with Crippen molar-refractivity contribution in [1.82, 2.24) is 10.2 Å². The molecule has 2 aromatic rings. The van der Waals surface area contributed by atoms with Crippen molar-refractivity contribution in [3.63, 3.8) is 0 Å². The molecule has 0 aliphatic heterocycles. The zero-order valence-electron chi connectivity index (χ0n) is 10.3. The normalized spacial score (nSPS) is 10.4. The maximum Gasteiger partial charge on any atom is 0.267 e. The first-order chi connectivity index (χ1) is 9.04. The van der Waals surface area contributed by atoms with Gasteiger partial charge in [0.15, 0.2) is 4.34 Å². The van der Waals surface area contributed by atoms with E-state index in [1.807, 2.05) is 18.4 Å². The molecule has 0 aromatic carbocycles. The summed E-state index contributed by atoms with van der Waals surface area (Å²) in [7, 11) is 0. The lowest BCUT2D eigenvalue weighted by Crippen LogP contribution is -2.09. The molecule has 0 radical (unpaired) electrons. The lowest BCUT2D eigenvalue weighted by Gasteiger charge is -1.96. The molecule has 0 spiro atoms. The van der Waals surface area contributed by atoms with Gasteiger partial charge in [-0.3, -0.25) is 14.9 Å². The van der Waals surface area contributed by atoms with Crippen LogP contribution < -0.4 is 5.32 Å². The van der Waals surface area contributed by atoms with Crippen LogP contribution in [-0.2, 0) is 4.79 Å². The molecule has 0 saturated carbocycles. The second-order valence-electron chi connectivity index (χ2n) is 3.81. The smallest absolute Gasteiger partial charge is 0.267 e. The Hall–Kier alpha value is -1.25. The number of ketones is 1. The lowest BCUT2D eigenvalue weighted by atomic mass is 10.3. The van der Waals surface area contributed by atoms with Gasteiger partial charge in [-0.05, 0) is 30.9 Å². The minimum absolute atomic E-state index is 0.0832. The molecule has 2 rings (SSSR count). The van der Waals surface area contributed by atoms with Crippen LogP contribution in [0.4, 0.5) is 5.13 Å². The first-order valence-electron chi connectivity index (χ1n) is 5.37. The van der Waals surface area contributed by atoms with Crippen molar-refractivity contribution in [2.45, 2.75) is 18.2 Å². The first-order valence-corrected chi connectivity index (χ1v) is 8.05. The maximum atomic E-state index is 11.9. The number of thiophene rings is 1. The highest BCUT2D eigenvalue weighted by atomic mass is 32.2. The number of amides is 1. The summed E-state index contributed by atoms with van der Waals surface area (Å²) in [6.07, 6.45) is 0. The van der Waals surface area contributed by atoms with Gasteiger partial charge >= 0.3 is 0 Å². The van der Waals surface area contributed by atoms with Gasteiger partial charge in [0.1, 0.15) is 5.78 Å². The van der Waals surface area contributed by atoms with Gasteiger partial charge < -0.3 is 0 Å². The fourth-order valence-electron chi connectivity index (χ4n) is 1.19. The Morgan fingerprint density at radius 3 is 2.84 bits per heavy atom. The van der Waals surface area contributed by atoms with Crippen molar-refractivity contribution in [3.8, 4) is 0 Å². The minimum atomic E-state index is -0.183. The molecule has 0 aliphatic carbocycles. The number of hydrogen-bond acceptors (Lipinski definition) is 7. The van der Waals surface area contributed by atoms with Crippen LogP contribution in [0.2, 0.25) is 0 Å². The van der Waals surface area contributed by atoms with Gasteiger partial charge in [0.25, 0.3) is 5.91 Å². The minimum Gasteiger partial charge on any atom is -0.299 e. The number of thioether (sulfide) groups is 1. The summed E-state index contributed by atoms with van der Waals surface area (Å²) in [6.45, 7) is 3.46. The Bertz CT molecular complexity index is 606. The Morgan fingerprint density at radius 2 is 2.21 bits per heavy atom. The number of anilines is 1. The Balaban J connectivity index is 1.96. The highest BCUT2D eigenvalue weighted by Gasteiger charge is 2.12. The molecule has 2 heterocycles. The van der Waals surface area contributed by atoms with E-state index in [4.69, 9.17) is 0 Å². The van der Waals surface area contributed by atoms with Gasteiger partial charge in [0.2, 0.25) is 5.13 Å². The van der Waals surface area contributed by atoms with E-state index in [1.54, 1.807) is 0 Å². The van der Waals surface area contributed by atoms with Crippen LogP contribution >= 0.6 is 34.4 Å². The maximum absolute atomic E-state index is 11.9. The third-order valence-electron chi connectivity index (χ3n) is 1.98. The first kappa shape index (κ1) is 14.2. The van der Waals surface area contributed by atoms with Gasteiger partial charge in [0, 0.05) is 0 Å². The highest BCUT2D eigenvalue weighted by molar-refractivity contribution is 8.01. The van der Waals surface area contributed by atoms with E-state index in [0.717, 1.165) is 5.56 Å². The standard InChI is InChI=1S/C11H11N3O2S3/c1-6-3-8(17-4-6)9(16)12-10-13-14-11(19-10)18-5-7(2)15/h3-4H,5H2,1-2H3,(H,12,13,16). The zero-order chi connectivity index (χ0) is 13.8. The van der Waals surface area contributed by atoms with Crippen LogP contribution in [0.1, 0.15) is 22.2 Å². The van der Waals surface area contributed by atoms with Crippen LogP contribution in [0, 0.1) is 6.92 Å². The number of aromatic nitrogens is 2. The molecular formula is C11H11N3O2S3. The molecule has 0 fully saturated rings. The van der Waals surface area contributed by atoms with Crippen LogP contribution in [0.15, 0.2) is 15.8 Å². The number of aryl methyl sites for hydroxylation is 1. The summed E-state index contributed by atoms with van der Waals surface area (Å²) in [5.41, 5.74) is 1.06. The molecule has 0 aliphatic rings. The third kappa shape index (κ3) is 4.12. The van der Waals surface area contributed by atoms with Crippen molar-refractivity contribution in [2.75, 3.05) is 11.1 Å². The van der Waals surface area contributed by atoms with Gasteiger partial charge in [-0.25, -0.2) is 0 Å². The fraction of sp³-hybridized carbons (Fsp3) is 0.273. The second kappa shape index (κ2) is 6.27. The SMILES string of the molecule is CC(=O)CSc1nnc(NC(=O)c2cc(C)cs2)s1. The number of nitrogens with zero attached hydrogens (tertiary/aromatic N) is 2. The molecule has 0 unspecified atom stereocenters. The van der Waals surface area contributed by atoms with Crippen molar-refractivity contribution in [2.24, 2.45) is 0 Å². The topological polar surface area (TPSA) is 72.0 Å². The van der Waals surface area contributed by atoms with Crippen molar-refractivity contribution in [1.29, 1.82) is 0 Å². The predicted molar refractivity (Wildman–Crippen MR) is 78.3 cm³/mol. The molecule has 0 bridgehead atoms. The molecule has 0 atom stereocenters.